The summed E-state index contributed by atoms with van der Waals surface area (Å²) in [5.74, 6) is 1.82. The minimum atomic E-state index is 0. The Morgan fingerprint density at radius 1 is 1.19 bits per heavy atom. The van der Waals surface area contributed by atoms with Crippen LogP contribution < -0.4 is 10.1 Å². The molecule has 1 fully saturated rings. The number of nitrogens with one attached hydrogen (secondary N) is 1. The Morgan fingerprint density at radius 3 is 2.62 bits per heavy atom. The average molecular weight is 471 g/mol. The van der Waals surface area contributed by atoms with Gasteiger partial charge in [0.05, 0.1) is 12.2 Å². The van der Waals surface area contributed by atoms with Crippen molar-refractivity contribution in [3.63, 3.8) is 0 Å². The molecule has 0 atom stereocenters. The van der Waals surface area contributed by atoms with Crippen molar-refractivity contribution in [2.24, 2.45) is 4.99 Å². The highest BCUT2D eigenvalue weighted by Gasteiger charge is 2.20. The van der Waals surface area contributed by atoms with Gasteiger partial charge < -0.3 is 19.5 Å². The predicted molar refractivity (Wildman–Crippen MR) is 112 cm³/mol. The van der Waals surface area contributed by atoms with Crippen LogP contribution in [-0.4, -0.2) is 67.3 Å². The Labute approximate surface area is 171 Å². The summed E-state index contributed by atoms with van der Waals surface area (Å²) >= 11 is 0. The van der Waals surface area contributed by atoms with Gasteiger partial charge in [0.25, 0.3) is 0 Å². The standard InChI is InChI=1S/C18H25N5O2.HI/c1-19-18(20-8-14-24-17-5-3-2-4-6-17)23-11-9-22(10-12-23)15-16-7-13-25-21-16;/h2-7,13H,8-12,14-15H2,1H3,(H,19,20);1H. The molecule has 1 N–H and O–H groups in total. The number of hydrogen-bond donors (Lipinski definition) is 1. The van der Waals surface area contributed by atoms with Gasteiger partial charge in [-0.3, -0.25) is 9.89 Å². The summed E-state index contributed by atoms with van der Waals surface area (Å²) in [5, 5.41) is 7.35. The SMILES string of the molecule is CN=C(NCCOc1ccccc1)N1CCN(Cc2ccon2)CC1.I. The summed E-state index contributed by atoms with van der Waals surface area (Å²) in [5.41, 5.74) is 0.981. The number of aliphatic imine (C=N–C) groups is 1. The topological polar surface area (TPSA) is 66.1 Å². The van der Waals surface area contributed by atoms with Crippen LogP contribution in [-0.2, 0) is 6.54 Å². The van der Waals surface area contributed by atoms with E-state index in [0.717, 1.165) is 56.7 Å². The third-order valence-electron chi connectivity index (χ3n) is 4.16. The smallest absolute Gasteiger partial charge is 0.193 e. The maximum Gasteiger partial charge on any atom is 0.193 e. The molecule has 1 aliphatic heterocycles. The Bertz CT molecular complexity index is 643. The van der Waals surface area contributed by atoms with Crippen molar-refractivity contribution in [3.05, 3.63) is 48.4 Å². The summed E-state index contributed by atoms with van der Waals surface area (Å²) in [7, 11) is 1.82. The molecule has 0 radical (unpaired) electrons. The number of nitrogens with zero attached hydrogens (tertiary/aromatic N) is 4. The lowest BCUT2D eigenvalue weighted by Gasteiger charge is -2.36. The Morgan fingerprint density at radius 2 is 1.96 bits per heavy atom. The second-order valence-corrected chi connectivity index (χ2v) is 5.89. The van der Waals surface area contributed by atoms with Gasteiger partial charge in [-0.25, -0.2) is 0 Å². The number of guanidine groups is 1. The van der Waals surface area contributed by atoms with E-state index in [9.17, 15) is 0 Å². The van der Waals surface area contributed by atoms with Crippen LogP contribution in [0.2, 0.25) is 0 Å². The van der Waals surface area contributed by atoms with E-state index in [0.29, 0.717) is 6.61 Å². The molecule has 0 saturated carbocycles. The molecule has 0 bridgehead atoms. The molecule has 0 aliphatic carbocycles. The molecule has 0 unspecified atom stereocenters. The summed E-state index contributed by atoms with van der Waals surface area (Å²) in [6, 6.07) is 11.8. The van der Waals surface area contributed by atoms with E-state index in [2.05, 4.69) is 25.3 Å². The molecule has 2 aromatic rings. The van der Waals surface area contributed by atoms with Crippen molar-refractivity contribution in [2.75, 3.05) is 46.4 Å². The first-order chi connectivity index (χ1) is 12.3. The lowest BCUT2D eigenvalue weighted by molar-refractivity contribution is 0.168. The van der Waals surface area contributed by atoms with Gasteiger partial charge in [0.15, 0.2) is 5.96 Å². The van der Waals surface area contributed by atoms with Crippen molar-refractivity contribution < 1.29 is 9.26 Å². The molecule has 26 heavy (non-hydrogen) atoms. The normalized spacial score (nSPS) is 15.4. The molecular formula is C18H26IN5O2. The van der Waals surface area contributed by atoms with E-state index in [4.69, 9.17) is 9.26 Å². The number of piperazine rings is 1. The number of hydrogen-bond acceptors (Lipinski definition) is 5. The van der Waals surface area contributed by atoms with E-state index in [1.54, 1.807) is 6.26 Å². The summed E-state index contributed by atoms with van der Waals surface area (Å²) in [6.07, 6.45) is 1.62. The second kappa shape index (κ2) is 11.0. The highest BCUT2D eigenvalue weighted by atomic mass is 127. The Kier molecular flexibility index (Phi) is 8.69. The molecule has 3 rings (SSSR count). The van der Waals surface area contributed by atoms with Crippen LogP contribution in [0, 0.1) is 0 Å². The van der Waals surface area contributed by atoms with Gasteiger partial charge in [0.2, 0.25) is 0 Å². The van der Waals surface area contributed by atoms with Crippen LogP contribution in [0.25, 0.3) is 0 Å². The van der Waals surface area contributed by atoms with E-state index >= 15 is 0 Å². The molecule has 1 aromatic carbocycles. The fourth-order valence-corrected chi connectivity index (χ4v) is 2.85. The molecule has 7 nitrogen and oxygen atoms in total. The van der Waals surface area contributed by atoms with Crippen LogP contribution >= 0.6 is 24.0 Å². The van der Waals surface area contributed by atoms with E-state index in [1.807, 2.05) is 43.4 Å². The second-order valence-electron chi connectivity index (χ2n) is 5.89. The first-order valence-electron chi connectivity index (χ1n) is 8.60. The zero-order valence-electron chi connectivity index (χ0n) is 15.0. The highest BCUT2D eigenvalue weighted by molar-refractivity contribution is 14.0. The number of aromatic nitrogens is 1. The zero-order chi connectivity index (χ0) is 17.3. The number of rotatable bonds is 6. The van der Waals surface area contributed by atoms with Crippen molar-refractivity contribution >= 4 is 29.9 Å². The van der Waals surface area contributed by atoms with Gasteiger partial charge in [-0.05, 0) is 12.1 Å². The predicted octanol–water partition coefficient (Wildman–Crippen LogP) is 2.06. The van der Waals surface area contributed by atoms with Crippen LogP contribution in [0.4, 0.5) is 0 Å². The van der Waals surface area contributed by atoms with Gasteiger partial charge in [0, 0.05) is 45.8 Å². The van der Waals surface area contributed by atoms with Gasteiger partial charge in [-0.1, -0.05) is 23.4 Å². The molecule has 1 aromatic heterocycles. The summed E-state index contributed by atoms with van der Waals surface area (Å²) < 4.78 is 10.6. The van der Waals surface area contributed by atoms with Crippen molar-refractivity contribution in [2.45, 2.75) is 6.54 Å². The fraction of sp³-hybridized carbons (Fsp3) is 0.444. The highest BCUT2D eigenvalue weighted by Crippen LogP contribution is 2.08. The third kappa shape index (κ3) is 6.17. The summed E-state index contributed by atoms with van der Waals surface area (Å²) in [4.78, 5) is 9.04. The molecule has 8 heteroatoms. The molecule has 1 aliphatic rings. The van der Waals surface area contributed by atoms with E-state index < -0.39 is 0 Å². The van der Waals surface area contributed by atoms with Gasteiger partial charge in [-0.2, -0.15) is 0 Å². The minimum absolute atomic E-state index is 0. The number of ether oxygens (including phenoxy) is 1. The lowest BCUT2D eigenvalue weighted by Crippen LogP contribution is -2.52. The summed E-state index contributed by atoms with van der Waals surface area (Å²) in [6.45, 7) is 6.01. The first-order valence-corrected chi connectivity index (χ1v) is 8.60. The van der Waals surface area contributed by atoms with E-state index in [-0.39, 0.29) is 24.0 Å². The zero-order valence-corrected chi connectivity index (χ0v) is 17.3. The lowest BCUT2D eigenvalue weighted by atomic mass is 10.3. The van der Waals surface area contributed by atoms with Crippen molar-refractivity contribution in [3.8, 4) is 5.75 Å². The van der Waals surface area contributed by atoms with Crippen LogP contribution in [0.15, 0.2) is 52.2 Å². The Balaban J connectivity index is 0.00000243. The molecule has 0 amide bonds. The van der Waals surface area contributed by atoms with E-state index in [1.165, 1.54) is 0 Å². The largest absolute Gasteiger partial charge is 0.492 e. The molecule has 0 spiro atoms. The Hall–Kier alpha value is -1.81. The molecule has 2 heterocycles. The van der Waals surface area contributed by atoms with Crippen LogP contribution in [0.5, 0.6) is 5.75 Å². The third-order valence-corrected chi connectivity index (χ3v) is 4.16. The number of halogens is 1. The maximum atomic E-state index is 5.70. The number of para-hydroxylation sites is 1. The van der Waals surface area contributed by atoms with Crippen molar-refractivity contribution in [1.82, 2.24) is 20.3 Å². The fourth-order valence-electron chi connectivity index (χ4n) is 2.85. The minimum Gasteiger partial charge on any atom is -0.492 e. The monoisotopic (exact) mass is 471 g/mol. The van der Waals surface area contributed by atoms with Crippen LogP contribution in [0.1, 0.15) is 5.69 Å². The van der Waals surface area contributed by atoms with Gasteiger partial charge >= 0.3 is 0 Å². The molecule has 142 valence electrons. The first kappa shape index (κ1) is 20.5. The van der Waals surface area contributed by atoms with Gasteiger partial charge in [-0.15, -0.1) is 24.0 Å². The van der Waals surface area contributed by atoms with Crippen LogP contribution in [0.3, 0.4) is 0 Å². The molecule has 1 saturated heterocycles. The van der Waals surface area contributed by atoms with Crippen molar-refractivity contribution in [1.29, 1.82) is 0 Å². The maximum absolute atomic E-state index is 5.70. The number of benzene rings is 1. The average Bonchev–Trinajstić information content (AvgIpc) is 3.17. The molecular weight excluding hydrogens is 445 g/mol. The van der Waals surface area contributed by atoms with Gasteiger partial charge in [0.1, 0.15) is 18.6 Å². The quantitative estimate of drug-likeness (QED) is 0.301.